The number of amides is 1. The molecule has 0 saturated heterocycles. The Morgan fingerprint density at radius 2 is 1.80 bits per heavy atom. The van der Waals surface area contributed by atoms with Gasteiger partial charge < -0.3 is 9.47 Å². The number of ether oxygens (including phenoxy) is 2. The van der Waals surface area contributed by atoms with Gasteiger partial charge in [-0.05, 0) is 30.3 Å². The standard InChI is InChI=1S/C16H14FN3O5/c1-24-14-7-11(13(20(22)23)8-15(14)25-2)9-18-19-16(21)10-3-5-12(17)6-4-10/h3-9H,1-2H3,(H,19,21)/b18-9-. The maximum atomic E-state index is 12.8. The van der Waals surface area contributed by atoms with Gasteiger partial charge in [-0.1, -0.05) is 0 Å². The molecular formula is C16H14FN3O5. The molecule has 0 radical (unpaired) electrons. The van der Waals surface area contributed by atoms with Gasteiger partial charge in [0.25, 0.3) is 11.6 Å². The van der Waals surface area contributed by atoms with Gasteiger partial charge in [-0.25, -0.2) is 9.82 Å². The summed E-state index contributed by atoms with van der Waals surface area (Å²) in [5.41, 5.74) is 2.25. The van der Waals surface area contributed by atoms with Crippen LogP contribution in [-0.2, 0) is 0 Å². The fraction of sp³-hybridized carbons (Fsp3) is 0.125. The van der Waals surface area contributed by atoms with Crippen LogP contribution in [0.2, 0.25) is 0 Å². The highest BCUT2D eigenvalue weighted by molar-refractivity contribution is 5.95. The quantitative estimate of drug-likeness (QED) is 0.491. The molecule has 0 saturated carbocycles. The van der Waals surface area contributed by atoms with Crippen molar-refractivity contribution in [2.45, 2.75) is 0 Å². The molecule has 0 unspecified atom stereocenters. The highest BCUT2D eigenvalue weighted by Gasteiger charge is 2.18. The Hall–Kier alpha value is -3.49. The number of rotatable bonds is 6. The number of nitrogens with one attached hydrogen (secondary N) is 1. The Balaban J connectivity index is 2.23. The van der Waals surface area contributed by atoms with E-state index in [9.17, 15) is 19.3 Å². The topological polar surface area (TPSA) is 103 Å². The molecule has 25 heavy (non-hydrogen) atoms. The van der Waals surface area contributed by atoms with Crippen LogP contribution in [0.25, 0.3) is 0 Å². The third-order valence-corrected chi connectivity index (χ3v) is 3.21. The number of benzene rings is 2. The van der Waals surface area contributed by atoms with Crippen molar-refractivity contribution in [1.29, 1.82) is 0 Å². The summed E-state index contributed by atoms with van der Waals surface area (Å²) < 4.78 is 22.9. The van der Waals surface area contributed by atoms with Crippen LogP contribution in [0.15, 0.2) is 41.5 Å². The number of nitrogens with zero attached hydrogens (tertiary/aromatic N) is 2. The lowest BCUT2D eigenvalue weighted by atomic mass is 10.1. The van der Waals surface area contributed by atoms with Crippen molar-refractivity contribution in [3.05, 3.63) is 63.5 Å². The lowest BCUT2D eigenvalue weighted by molar-refractivity contribution is -0.385. The van der Waals surface area contributed by atoms with E-state index in [1.165, 1.54) is 38.5 Å². The highest BCUT2D eigenvalue weighted by Crippen LogP contribution is 2.33. The molecular weight excluding hydrogens is 333 g/mol. The zero-order chi connectivity index (χ0) is 18.4. The lowest BCUT2D eigenvalue weighted by Gasteiger charge is -2.08. The Bertz CT molecular complexity index is 821. The number of hydrogen-bond donors (Lipinski definition) is 1. The first kappa shape index (κ1) is 17.9. The van der Waals surface area contributed by atoms with E-state index >= 15 is 0 Å². The van der Waals surface area contributed by atoms with Crippen molar-refractivity contribution in [3.63, 3.8) is 0 Å². The molecule has 2 aromatic carbocycles. The van der Waals surface area contributed by atoms with Gasteiger partial charge in [0.15, 0.2) is 11.5 Å². The summed E-state index contributed by atoms with van der Waals surface area (Å²) in [5, 5.41) is 14.9. The maximum Gasteiger partial charge on any atom is 0.282 e. The average molecular weight is 347 g/mol. The second kappa shape index (κ2) is 7.86. The zero-order valence-corrected chi connectivity index (χ0v) is 13.4. The summed E-state index contributed by atoms with van der Waals surface area (Å²) in [6.07, 6.45) is 1.11. The molecule has 0 aliphatic carbocycles. The van der Waals surface area contributed by atoms with Crippen molar-refractivity contribution in [2.75, 3.05) is 14.2 Å². The first-order valence-corrected chi connectivity index (χ1v) is 6.95. The van der Waals surface area contributed by atoms with E-state index in [2.05, 4.69) is 10.5 Å². The number of methoxy groups -OCH3 is 2. The minimum absolute atomic E-state index is 0.113. The SMILES string of the molecule is COc1cc(/C=N\NC(=O)c2ccc(F)cc2)c([N+](=O)[O-])cc1OC. The Morgan fingerprint density at radius 3 is 2.36 bits per heavy atom. The van der Waals surface area contributed by atoms with Crippen LogP contribution in [-0.4, -0.2) is 31.3 Å². The van der Waals surface area contributed by atoms with E-state index in [1.54, 1.807) is 0 Å². The van der Waals surface area contributed by atoms with Crippen LogP contribution >= 0.6 is 0 Å². The minimum atomic E-state index is -0.606. The second-order valence-electron chi connectivity index (χ2n) is 4.73. The van der Waals surface area contributed by atoms with E-state index < -0.39 is 16.6 Å². The average Bonchev–Trinajstić information content (AvgIpc) is 2.61. The van der Waals surface area contributed by atoms with Crippen molar-refractivity contribution < 1.29 is 23.6 Å². The van der Waals surface area contributed by atoms with Crippen molar-refractivity contribution >= 4 is 17.8 Å². The van der Waals surface area contributed by atoms with Gasteiger partial charge in [-0.15, -0.1) is 0 Å². The molecule has 0 spiro atoms. The molecule has 2 rings (SSSR count). The van der Waals surface area contributed by atoms with Crippen LogP contribution in [0.1, 0.15) is 15.9 Å². The van der Waals surface area contributed by atoms with Gasteiger partial charge in [0.1, 0.15) is 5.82 Å². The zero-order valence-electron chi connectivity index (χ0n) is 13.4. The van der Waals surface area contributed by atoms with Gasteiger partial charge in [-0.2, -0.15) is 5.10 Å². The van der Waals surface area contributed by atoms with Gasteiger partial charge >= 0.3 is 0 Å². The summed E-state index contributed by atoms with van der Waals surface area (Å²) in [6, 6.07) is 7.42. The molecule has 2 aromatic rings. The molecule has 1 amide bonds. The Morgan fingerprint density at radius 1 is 1.20 bits per heavy atom. The predicted molar refractivity (Wildman–Crippen MR) is 87.7 cm³/mol. The van der Waals surface area contributed by atoms with Gasteiger partial charge in [0.05, 0.1) is 37.0 Å². The molecule has 0 aliphatic rings. The number of carbonyl (C=O) groups is 1. The third kappa shape index (κ3) is 4.28. The third-order valence-electron chi connectivity index (χ3n) is 3.21. The fourth-order valence-electron chi connectivity index (χ4n) is 1.97. The van der Waals surface area contributed by atoms with E-state index in [1.807, 2.05) is 0 Å². The minimum Gasteiger partial charge on any atom is -0.493 e. The summed E-state index contributed by atoms with van der Waals surface area (Å²) in [4.78, 5) is 22.4. The molecule has 8 nitrogen and oxygen atoms in total. The molecule has 130 valence electrons. The fourth-order valence-corrected chi connectivity index (χ4v) is 1.97. The van der Waals surface area contributed by atoms with Crippen LogP contribution < -0.4 is 14.9 Å². The first-order valence-electron chi connectivity index (χ1n) is 6.95. The lowest BCUT2D eigenvalue weighted by Crippen LogP contribution is -2.17. The largest absolute Gasteiger partial charge is 0.493 e. The van der Waals surface area contributed by atoms with E-state index in [-0.39, 0.29) is 28.3 Å². The Kier molecular flexibility index (Phi) is 5.62. The molecule has 9 heteroatoms. The molecule has 0 aliphatic heterocycles. The molecule has 0 heterocycles. The van der Waals surface area contributed by atoms with Gasteiger partial charge in [-0.3, -0.25) is 14.9 Å². The van der Waals surface area contributed by atoms with Crippen LogP contribution in [0.4, 0.5) is 10.1 Å². The molecule has 0 atom stereocenters. The van der Waals surface area contributed by atoms with Crippen molar-refractivity contribution in [3.8, 4) is 11.5 Å². The Labute approximate surface area is 142 Å². The van der Waals surface area contributed by atoms with Gasteiger partial charge in [0.2, 0.25) is 0 Å². The van der Waals surface area contributed by atoms with Crippen LogP contribution in [0.3, 0.4) is 0 Å². The number of hydrazone groups is 1. The molecule has 0 bridgehead atoms. The van der Waals surface area contributed by atoms with Crippen LogP contribution in [0, 0.1) is 15.9 Å². The maximum absolute atomic E-state index is 12.8. The smallest absolute Gasteiger partial charge is 0.282 e. The monoisotopic (exact) mass is 347 g/mol. The van der Waals surface area contributed by atoms with E-state index in [0.29, 0.717) is 0 Å². The van der Waals surface area contributed by atoms with Crippen LogP contribution in [0.5, 0.6) is 11.5 Å². The summed E-state index contributed by atoms with van der Waals surface area (Å²) in [7, 11) is 2.75. The second-order valence-corrected chi connectivity index (χ2v) is 4.73. The van der Waals surface area contributed by atoms with E-state index in [4.69, 9.17) is 9.47 Å². The summed E-state index contributed by atoms with van der Waals surface area (Å²) in [6.45, 7) is 0. The first-order chi connectivity index (χ1) is 12.0. The number of nitro groups is 1. The molecule has 0 aromatic heterocycles. The number of carbonyl (C=O) groups excluding carboxylic acids is 1. The highest BCUT2D eigenvalue weighted by atomic mass is 19.1. The summed E-state index contributed by atoms with van der Waals surface area (Å²) in [5.74, 6) is -0.582. The number of hydrogen-bond acceptors (Lipinski definition) is 6. The predicted octanol–water partition coefficient (Wildman–Crippen LogP) is 2.52. The molecule has 1 N–H and O–H groups in total. The van der Waals surface area contributed by atoms with Crippen molar-refractivity contribution in [2.24, 2.45) is 5.10 Å². The molecule has 0 fully saturated rings. The normalized spacial score (nSPS) is 10.5. The number of nitro benzene ring substituents is 1. The van der Waals surface area contributed by atoms with Crippen molar-refractivity contribution in [1.82, 2.24) is 5.43 Å². The number of halogens is 1. The van der Waals surface area contributed by atoms with E-state index in [0.717, 1.165) is 18.3 Å². The van der Waals surface area contributed by atoms with Gasteiger partial charge in [0, 0.05) is 5.56 Å². The summed E-state index contributed by atoms with van der Waals surface area (Å²) >= 11 is 0.